The summed E-state index contributed by atoms with van der Waals surface area (Å²) in [6, 6.07) is 4.66. The Kier molecular flexibility index (Phi) is 5.61. The first-order chi connectivity index (χ1) is 8.51. The van der Waals surface area contributed by atoms with Gasteiger partial charge in [0.25, 0.3) is 0 Å². The van der Waals surface area contributed by atoms with Gasteiger partial charge in [0.1, 0.15) is 0 Å². The van der Waals surface area contributed by atoms with Crippen LogP contribution < -0.4 is 5.32 Å². The first kappa shape index (κ1) is 15.0. The van der Waals surface area contributed by atoms with Crippen molar-refractivity contribution in [1.29, 1.82) is 0 Å². The van der Waals surface area contributed by atoms with Crippen molar-refractivity contribution in [2.45, 2.75) is 46.0 Å². The van der Waals surface area contributed by atoms with Crippen molar-refractivity contribution in [1.82, 2.24) is 5.32 Å². The maximum Gasteiger partial charge on any atom is -0.00102 e. The summed E-state index contributed by atoms with van der Waals surface area (Å²) < 4.78 is 0. The molecule has 0 radical (unpaired) electrons. The lowest BCUT2D eigenvalue weighted by Crippen LogP contribution is -2.14. The van der Waals surface area contributed by atoms with Crippen LogP contribution >= 0.6 is 0 Å². The van der Waals surface area contributed by atoms with Crippen molar-refractivity contribution < 1.29 is 0 Å². The van der Waals surface area contributed by atoms with Crippen molar-refractivity contribution in [2.75, 3.05) is 13.6 Å². The lowest BCUT2D eigenvalue weighted by molar-refractivity contribution is 0.752. The number of hydrogen-bond acceptors (Lipinski definition) is 1. The van der Waals surface area contributed by atoms with Gasteiger partial charge >= 0.3 is 0 Å². The van der Waals surface area contributed by atoms with Crippen molar-refractivity contribution in [2.24, 2.45) is 0 Å². The van der Waals surface area contributed by atoms with Crippen molar-refractivity contribution in [3.05, 3.63) is 47.0 Å². The van der Waals surface area contributed by atoms with E-state index in [9.17, 15) is 0 Å². The maximum absolute atomic E-state index is 3.95. The van der Waals surface area contributed by atoms with Crippen LogP contribution in [-0.2, 0) is 6.42 Å². The molecule has 0 saturated heterocycles. The van der Waals surface area contributed by atoms with E-state index in [4.69, 9.17) is 0 Å². The SMILES string of the molecule is C=CC(C)c1cc(C)cc(C(C)C)c1CCNC. The molecule has 0 aromatic heterocycles. The number of hydrogen-bond donors (Lipinski definition) is 1. The van der Waals surface area contributed by atoms with Gasteiger partial charge < -0.3 is 5.32 Å². The topological polar surface area (TPSA) is 12.0 Å². The molecule has 0 fully saturated rings. The largest absolute Gasteiger partial charge is 0.319 e. The summed E-state index contributed by atoms with van der Waals surface area (Å²) in [6.07, 6.45) is 3.14. The predicted molar refractivity (Wildman–Crippen MR) is 81.5 cm³/mol. The molecule has 1 nitrogen and oxygen atoms in total. The molecule has 1 unspecified atom stereocenters. The average molecular weight is 245 g/mol. The quantitative estimate of drug-likeness (QED) is 0.742. The fraction of sp³-hybridized carbons (Fsp3) is 0.529. The minimum Gasteiger partial charge on any atom is -0.319 e. The van der Waals surface area contributed by atoms with Crippen molar-refractivity contribution in [3.8, 4) is 0 Å². The number of nitrogens with one attached hydrogen (secondary N) is 1. The van der Waals surface area contributed by atoms with E-state index in [-0.39, 0.29) is 0 Å². The highest BCUT2D eigenvalue weighted by atomic mass is 14.8. The molecule has 0 spiro atoms. The van der Waals surface area contributed by atoms with Crippen LogP contribution in [0.2, 0.25) is 0 Å². The predicted octanol–water partition coefficient (Wildman–Crippen LogP) is 4.17. The molecule has 1 heteroatoms. The van der Waals surface area contributed by atoms with E-state index >= 15 is 0 Å². The zero-order valence-electron chi connectivity index (χ0n) is 12.5. The molecule has 1 N–H and O–H groups in total. The highest BCUT2D eigenvalue weighted by Gasteiger charge is 2.14. The Hall–Kier alpha value is -1.08. The van der Waals surface area contributed by atoms with Gasteiger partial charge in [0, 0.05) is 0 Å². The summed E-state index contributed by atoms with van der Waals surface area (Å²) in [6.45, 7) is 13.9. The molecule has 1 aromatic carbocycles. The molecule has 0 aliphatic rings. The number of rotatable bonds is 6. The Morgan fingerprint density at radius 2 is 1.83 bits per heavy atom. The molecule has 0 aliphatic heterocycles. The first-order valence-electron chi connectivity index (χ1n) is 6.91. The Balaban J connectivity index is 3.32. The minimum atomic E-state index is 0.425. The third-order valence-corrected chi connectivity index (χ3v) is 3.55. The zero-order chi connectivity index (χ0) is 13.7. The van der Waals surface area contributed by atoms with E-state index < -0.39 is 0 Å². The number of benzene rings is 1. The van der Waals surface area contributed by atoms with Gasteiger partial charge in [-0.15, -0.1) is 6.58 Å². The van der Waals surface area contributed by atoms with Gasteiger partial charge in [0.15, 0.2) is 0 Å². The molecule has 1 rings (SSSR count). The lowest BCUT2D eigenvalue weighted by atomic mass is 9.85. The van der Waals surface area contributed by atoms with Crippen LogP contribution in [0.25, 0.3) is 0 Å². The normalized spacial score (nSPS) is 12.8. The van der Waals surface area contributed by atoms with Crippen LogP contribution in [-0.4, -0.2) is 13.6 Å². The smallest absolute Gasteiger partial charge is 0.00102 e. The van der Waals surface area contributed by atoms with E-state index in [1.54, 1.807) is 0 Å². The average Bonchev–Trinajstić information content (AvgIpc) is 2.35. The molecule has 0 aliphatic carbocycles. The van der Waals surface area contributed by atoms with Gasteiger partial charge in [-0.3, -0.25) is 0 Å². The zero-order valence-corrected chi connectivity index (χ0v) is 12.5. The van der Waals surface area contributed by atoms with E-state index in [1.807, 2.05) is 13.1 Å². The third kappa shape index (κ3) is 3.46. The van der Waals surface area contributed by atoms with Crippen LogP contribution in [0, 0.1) is 6.92 Å². The van der Waals surface area contributed by atoms with Crippen molar-refractivity contribution in [3.63, 3.8) is 0 Å². The Bertz CT molecular complexity index is 404. The third-order valence-electron chi connectivity index (χ3n) is 3.55. The molecule has 0 saturated carbocycles. The Morgan fingerprint density at radius 1 is 1.22 bits per heavy atom. The van der Waals surface area contributed by atoms with E-state index in [0.29, 0.717) is 11.8 Å². The Morgan fingerprint density at radius 3 is 2.33 bits per heavy atom. The summed E-state index contributed by atoms with van der Waals surface area (Å²) >= 11 is 0. The van der Waals surface area contributed by atoms with Crippen LogP contribution in [0.4, 0.5) is 0 Å². The second-order valence-corrected chi connectivity index (χ2v) is 5.45. The van der Waals surface area contributed by atoms with Gasteiger partial charge in [0.2, 0.25) is 0 Å². The second kappa shape index (κ2) is 6.75. The first-order valence-corrected chi connectivity index (χ1v) is 6.91. The summed E-state index contributed by atoms with van der Waals surface area (Å²) in [5.41, 5.74) is 5.81. The Labute approximate surface area is 112 Å². The van der Waals surface area contributed by atoms with E-state index in [2.05, 4.69) is 51.7 Å². The van der Waals surface area contributed by atoms with E-state index in [0.717, 1.165) is 13.0 Å². The minimum absolute atomic E-state index is 0.425. The van der Waals surface area contributed by atoms with Crippen molar-refractivity contribution >= 4 is 0 Å². The number of aryl methyl sites for hydroxylation is 1. The summed E-state index contributed by atoms with van der Waals surface area (Å²) in [5.74, 6) is 1.00. The highest BCUT2D eigenvalue weighted by molar-refractivity contribution is 5.43. The summed E-state index contributed by atoms with van der Waals surface area (Å²) in [4.78, 5) is 0. The number of allylic oxidation sites excluding steroid dienone is 1. The summed E-state index contributed by atoms with van der Waals surface area (Å²) in [7, 11) is 2.01. The van der Waals surface area contributed by atoms with Gasteiger partial charge in [-0.05, 0) is 55.5 Å². The lowest BCUT2D eigenvalue weighted by Gasteiger charge is -2.21. The molecule has 0 amide bonds. The van der Waals surface area contributed by atoms with Gasteiger partial charge in [0.05, 0.1) is 0 Å². The molecule has 1 aromatic rings. The fourth-order valence-corrected chi connectivity index (χ4v) is 2.46. The molecule has 0 heterocycles. The van der Waals surface area contributed by atoms with Gasteiger partial charge in [-0.25, -0.2) is 0 Å². The standard InChI is InChI=1S/C17H27N/c1-7-14(5)17-11-13(4)10-16(12(2)3)15(17)8-9-18-6/h7,10-12,14,18H,1,8-9H2,2-6H3. The molecule has 1 atom stereocenters. The molecule has 18 heavy (non-hydrogen) atoms. The van der Waals surface area contributed by atoms with Crippen LogP contribution in [0.1, 0.15) is 54.9 Å². The monoisotopic (exact) mass is 245 g/mol. The van der Waals surface area contributed by atoms with Crippen LogP contribution in [0.3, 0.4) is 0 Å². The highest BCUT2D eigenvalue weighted by Crippen LogP contribution is 2.30. The molecule has 0 bridgehead atoms. The van der Waals surface area contributed by atoms with Gasteiger partial charge in [-0.1, -0.05) is 44.5 Å². The molecular weight excluding hydrogens is 218 g/mol. The number of likely N-dealkylation sites (N-methyl/N-ethyl adjacent to an activating group) is 1. The fourth-order valence-electron chi connectivity index (χ4n) is 2.46. The molecule has 100 valence electrons. The van der Waals surface area contributed by atoms with Gasteiger partial charge in [-0.2, -0.15) is 0 Å². The summed E-state index contributed by atoms with van der Waals surface area (Å²) in [5, 5.41) is 3.26. The van der Waals surface area contributed by atoms with Crippen LogP contribution in [0.15, 0.2) is 24.8 Å². The van der Waals surface area contributed by atoms with E-state index in [1.165, 1.54) is 22.3 Å². The second-order valence-electron chi connectivity index (χ2n) is 5.45. The van der Waals surface area contributed by atoms with Crippen LogP contribution in [0.5, 0.6) is 0 Å². The molecular formula is C17H27N. The maximum atomic E-state index is 3.95.